The van der Waals surface area contributed by atoms with Crippen molar-refractivity contribution < 1.29 is 13.2 Å². The molecule has 9 heteroatoms. The van der Waals surface area contributed by atoms with E-state index in [2.05, 4.69) is 20.9 Å². The van der Waals surface area contributed by atoms with Gasteiger partial charge < -0.3 is 4.90 Å². The van der Waals surface area contributed by atoms with Crippen LogP contribution in [0.25, 0.3) is 0 Å². The number of amides is 1. The summed E-state index contributed by atoms with van der Waals surface area (Å²) in [6, 6.07) is 13.9. The van der Waals surface area contributed by atoms with E-state index in [0.29, 0.717) is 15.8 Å². The van der Waals surface area contributed by atoms with Gasteiger partial charge in [-0.2, -0.15) is 4.99 Å². The van der Waals surface area contributed by atoms with Crippen molar-refractivity contribution in [3.63, 3.8) is 0 Å². The predicted octanol–water partition coefficient (Wildman–Crippen LogP) is 4.02. The molecular formula is C18H14BrClN2O3S2. The third kappa shape index (κ3) is 3.94. The summed E-state index contributed by atoms with van der Waals surface area (Å²) in [7, 11) is -3.10. The Morgan fingerprint density at radius 1 is 1.11 bits per heavy atom. The Kier molecular flexibility index (Phi) is 5.09. The van der Waals surface area contributed by atoms with Crippen molar-refractivity contribution in [3.05, 3.63) is 63.6 Å². The maximum Gasteiger partial charge on any atom is 0.279 e. The second kappa shape index (κ2) is 7.24. The van der Waals surface area contributed by atoms with Crippen LogP contribution in [0.3, 0.4) is 0 Å². The summed E-state index contributed by atoms with van der Waals surface area (Å²) in [6.45, 7) is 0. The fourth-order valence-electron chi connectivity index (χ4n) is 3.21. The first-order chi connectivity index (χ1) is 12.8. The van der Waals surface area contributed by atoms with Gasteiger partial charge >= 0.3 is 0 Å². The molecule has 2 aromatic rings. The molecule has 2 saturated heterocycles. The first kappa shape index (κ1) is 19.0. The van der Waals surface area contributed by atoms with Crippen LogP contribution >= 0.6 is 39.3 Å². The molecule has 0 N–H and O–H groups in total. The largest absolute Gasteiger partial charge is 0.316 e. The molecular weight excluding hydrogens is 472 g/mol. The summed E-state index contributed by atoms with van der Waals surface area (Å²) in [5, 5.41) is 0.975. The molecule has 140 valence electrons. The van der Waals surface area contributed by atoms with E-state index in [9.17, 15) is 13.2 Å². The molecule has 0 radical (unpaired) electrons. The highest BCUT2D eigenvalue weighted by Crippen LogP contribution is 2.41. The first-order valence-corrected chi connectivity index (χ1v) is 12.0. The number of carbonyl (C=O) groups excluding carboxylic acids is 1. The van der Waals surface area contributed by atoms with Crippen molar-refractivity contribution in [2.75, 3.05) is 16.4 Å². The molecule has 0 aliphatic carbocycles. The van der Waals surface area contributed by atoms with Gasteiger partial charge in [0.15, 0.2) is 15.0 Å². The SMILES string of the molecule is O=C(N=C1S[C@@H]2CS(=O)(=O)C[C@H]2N1c1ccc(Cl)cc1)c1ccc(Br)cc1. The number of halogens is 2. The Labute approximate surface area is 174 Å². The number of rotatable bonds is 2. The molecule has 2 aliphatic rings. The number of aliphatic imine (C=N–C) groups is 1. The summed E-state index contributed by atoms with van der Waals surface area (Å²) in [4.78, 5) is 18.8. The van der Waals surface area contributed by atoms with Gasteiger partial charge in [-0.3, -0.25) is 4.79 Å². The second-order valence-electron chi connectivity index (χ2n) is 6.35. The van der Waals surface area contributed by atoms with E-state index in [1.165, 1.54) is 11.8 Å². The number of sulfone groups is 1. The summed E-state index contributed by atoms with van der Waals surface area (Å²) >= 11 is 10.7. The van der Waals surface area contributed by atoms with Gasteiger partial charge in [-0.25, -0.2) is 8.42 Å². The summed E-state index contributed by atoms with van der Waals surface area (Å²) in [6.07, 6.45) is 0. The van der Waals surface area contributed by atoms with Gasteiger partial charge in [-0.1, -0.05) is 39.3 Å². The lowest BCUT2D eigenvalue weighted by atomic mass is 10.2. The molecule has 2 aliphatic heterocycles. The fraction of sp³-hybridized carbons (Fsp3) is 0.222. The number of hydrogen-bond acceptors (Lipinski definition) is 4. The van der Waals surface area contributed by atoms with Crippen LogP contribution in [-0.2, 0) is 9.84 Å². The topological polar surface area (TPSA) is 66.8 Å². The lowest BCUT2D eigenvalue weighted by molar-refractivity contribution is 0.100. The number of hydrogen-bond donors (Lipinski definition) is 0. The average molecular weight is 486 g/mol. The van der Waals surface area contributed by atoms with Crippen molar-refractivity contribution in [3.8, 4) is 0 Å². The molecule has 27 heavy (non-hydrogen) atoms. The van der Waals surface area contributed by atoms with E-state index >= 15 is 0 Å². The van der Waals surface area contributed by atoms with E-state index in [-0.39, 0.29) is 28.7 Å². The molecule has 5 nitrogen and oxygen atoms in total. The Morgan fingerprint density at radius 2 is 1.78 bits per heavy atom. The maximum atomic E-state index is 12.6. The van der Waals surface area contributed by atoms with Crippen molar-refractivity contribution in [2.24, 2.45) is 4.99 Å². The summed E-state index contributed by atoms with van der Waals surface area (Å²) in [5.74, 6) is -0.205. The number of anilines is 1. The van der Waals surface area contributed by atoms with Gasteiger partial charge in [-0.05, 0) is 48.5 Å². The average Bonchev–Trinajstić information content (AvgIpc) is 3.07. The van der Waals surface area contributed by atoms with E-state index in [1.54, 1.807) is 36.4 Å². The zero-order chi connectivity index (χ0) is 19.2. The number of fused-ring (bicyclic) bond motifs is 1. The standard InChI is InChI=1S/C18H14BrClN2O3S2/c19-12-3-1-11(2-4-12)17(23)21-18-22(14-7-5-13(20)6-8-14)15-9-27(24,25)10-16(15)26-18/h1-8,15-16H,9-10H2/t15-,16-/m1/s1. The molecule has 2 atom stereocenters. The molecule has 0 aromatic heterocycles. The van der Waals surface area contributed by atoms with Crippen LogP contribution in [0, 0.1) is 0 Å². The van der Waals surface area contributed by atoms with Crippen LogP contribution in [0.2, 0.25) is 5.02 Å². The van der Waals surface area contributed by atoms with E-state index in [0.717, 1.165) is 10.2 Å². The number of amidine groups is 1. The Bertz CT molecular complexity index is 1020. The van der Waals surface area contributed by atoms with Gasteiger partial charge in [0.25, 0.3) is 5.91 Å². The van der Waals surface area contributed by atoms with Gasteiger partial charge in [0, 0.05) is 26.0 Å². The molecule has 0 saturated carbocycles. The Balaban J connectivity index is 1.71. The molecule has 4 rings (SSSR count). The molecule has 0 bridgehead atoms. The van der Waals surface area contributed by atoms with Gasteiger partial charge in [0.1, 0.15) is 0 Å². The molecule has 2 heterocycles. The van der Waals surface area contributed by atoms with Crippen LogP contribution in [0.15, 0.2) is 58.0 Å². The summed E-state index contributed by atoms with van der Waals surface area (Å²) < 4.78 is 25.0. The molecule has 0 unspecified atom stereocenters. The lowest BCUT2D eigenvalue weighted by Crippen LogP contribution is -2.37. The third-order valence-electron chi connectivity index (χ3n) is 4.46. The number of nitrogens with zero attached hydrogens (tertiary/aromatic N) is 2. The monoisotopic (exact) mass is 484 g/mol. The van der Waals surface area contributed by atoms with Gasteiger partial charge in [0.2, 0.25) is 0 Å². The van der Waals surface area contributed by atoms with E-state index < -0.39 is 9.84 Å². The molecule has 2 aromatic carbocycles. The smallest absolute Gasteiger partial charge is 0.279 e. The minimum atomic E-state index is -3.10. The second-order valence-corrected chi connectivity index (χ2v) is 11.1. The van der Waals surface area contributed by atoms with Crippen LogP contribution in [0.4, 0.5) is 5.69 Å². The van der Waals surface area contributed by atoms with Crippen LogP contribution in [0.1, 0.15) is 10.4 Å². The number of thioether (sulfide) groups is 1. The highest BCUT2D eigenvalue weighted by molar-refractivity contribution is 9.10. The predicted molar refractivity (Wildman–Crippen MR) is 114 cm³/mol. The minimum absolute atomic E-state index is 0.0544. The Hall–Kier alpha value is -1.35. The first-order valence-electron chi connectivity index (χ1n) is 8.13. The van der Waals surface area contributed by atoms with Gasteiger partial charge in [0.05, 0.1) is 17.5 Å². The summed E-state index contributed by atoms with van der Waals surface area (Å²) in [5.41, 5.74) is 1.26. The molecule has 0 spiro atoms. The maximum absolute atomic E-state index is 12.6. The van der Waals surface area contributed by atoms with Crippen LogP contribution in [0.5, 0.6) is 0 Å². The van der Waals surface area contributed by atoms with Gasteiger partial charge in [-0.15, -0.1) is 0 Å². The van der Waals surface area contributed by atoms with Crippen LogP contribution < -0.4 is 4.90 Å². The highest BCUT2D eigenvalue weighted by Gasteiger charge is 2.49. The van der Waals surface area contributed by atoms with Crippen LogP contribution in [-0.4, -0.2) is 42.3 Å². The van der Waals surface area contributed by atoms with Crippen molar-refractivity contribution in [1.82, 2.24) is 0 Å². The lowest BCUT2D eigenvalue weighted by Gasteiger charge is -2.24. The van der Waals surface area contributed by atoms with Crippen molar-refractivity contribution in [1.29, 1.82) is 0 Å². The highest BCUT2D eigenvalue weighted by atomic mass is 79.9. The number of carbonyl (C=O) groups is 1. The minimum Gasteiger partial charge on any atom is -0.316 e. The molecule has 2 fully saturated rings. The third-order valence-corrected chi connectivity index (χ3v) is 8.45. The van der Waals surface area contributed by atoms with Crippen molar-refractivity contribution in [2.45, 2.75) is 11.3 Å². The number of benzene rings is 2. The fourth-order valence-corrected chi connectivity index (χ4v) is 7.51. The van der Waals surface area contributed by atoms with Crippen molar-refractivity contribution >= 4 is 65.9 Å². The quantitative estimate of drug-likeness (QED) is 0.643. The zero-order valence-electron chi connectivity index (χ0n) is 13.9. The van der Waals surface area contributed by atoms with E-state index in [1.807, 2.05) is 17.0 Å². The zero-order valence-corrected chi connectivity index (χ0v) is 17.9. The normalized spacial score (nSPS) is 25.0. The van der Waals surface area contributed by atoms with E-state index in [4.69, 9.17) is 11.6 Å². The Morgan fingerprint density at radius 3 is 2.44 bits per heavy atom. The molecule has 1 amide bonds.